The van der Waals surface area contributed by atoms with Crippen molar-refractivity contribution in [2.24, 2.45) is 0 Å². The van der Waals surface area contributed by atoms with Crippen molar-refractivity contribution in [1.82, 2.24) is 4.90 Å². The van der Waals surface area contributed by atoms with E-state index in [9.17, 15) is 4.79 Å². The van der Waals surface area contributed by atoms with Crippen LogP contribution in [0.5, 0.6) is 11.5 Å². The molecule has 1 amide bonds. The van der Waals surface area contributed by atoms with Crippen molar-refractivity contribution in [1.29, 1.82) is 0 Å². The molecule has 2 atom stereocenters. The molecule has 27 heavy (non-hydrogen) atoms. The van der Waals surface area contributed by atoms with Crippen LogP contribution in [0.1, 0.15) is 34.9 Å². The van der Waals surface area contributed by atoms with Crippen LogP contribution in [0, 0.1) is 0 Å². The molecule has 4 rings (SSSR count). The van der Waals surface area contributed by atoms with Crippen LogP contribution in [0.2, 0.25) is 0 Å². The Morgan fingerprint density at radius 2 is 1.89 bits per heavy atom. The minimum Gasteiger partial charge on any atom is -0.497 e. The lowest BCUT2D eigenvalue weighted by Gasteiger charge is -2.39. The van der Waals surface area contributed by atoms with Gasteiger partial charge in [0.1, 0.15) is 17.7 Å². The predicted molar refractivity (Wildman–Crippen MR) is 102 cm³/mol. The van der Waals surface area contributed by atoms with Crippen LogP contribution < -0.4 is 14.8 Å². The van der Waals surface area contributed by atoms with Crippen LogP contribution in [-0.2, 0) is 4.74 Å². The SMILES string of the molecule is COc1cc(OC)cc([C@H]2Nc3ccccc3C(=O)N2C[C@@H]2CCCO2)c1. The fourth-order valence-electron chi connectivity index (χ4n) is 3.74. The van der Waals surface area contributed by atoms with Gasteiger partial charge in [-0.15, -0.1) is 0 Å². The number of carbonyl (C=O) groups is 1. The molecule has 142 valence electrons. The minimum absolute atomic E-state index is 0.00615. The van der Waals surface area contributed by atoms with Gasteiger partial charge in [-0.3, -0.25) is 4.79 Å². The third kappa shape index (κ3) is 3.45. The summed E-state index contributed by atoms with van der Waals surface area (Å²) in [6.45, 7) is 1.30. The van der Waals surface area contributed by atoms with Gasteiger partial charge in [0.05, 0.1) is 25.9 Å². The second-order valence-electron chi connectivity index (χ2n) is 6.83. The van der Waals surface area contributed by atoms with E-state index in [1.807, 2.05) is 47.4 Å². The summed E-state index contributed by atoms with van der Waals surface area (Å²) in [6, 6.07) is 13.3. The Kier molecular flexibility index (Phi) is 4.90. The molecular formula is C21H24N2O4. The number of methoxy groups -OCH3 is 2. The zero-order chi connectivity index (χ0) is 18.8. The fourth-order valence-corrected chi connectivity index (χ4v) is 3.74. The largest absolute Gasteiger partial charge is 0.497 e. The summed E-state index contributed by atoms with van der Waals surface area (Å²) in [5.74, 6) is 1.38. The molecule has 0 aromatic heterocycles. The Hall–Kier alpha value is -2.73. The van der Waals surface area contributed by atoms with Gasteiger partial charge < -0.3 is 24.4 Å². The van der Waals surface area contributed by atoms with E-state index in [1.54, 1.807) is 14.2 Å². The molecule has 1 saturated heterocycles. The second-order valence-corrected chi connectivity index (χ2v) is 6.83. The van der Waals surface area contributed by atoms with Crippen LogP contribution in [0.15, 0.2) is 42.5 Å². The van der Waals surface area contributed by atoms with Crippen LogP contribution in [0.4, 0.5) is 5.69 Å². The van der Waals surface area contributed by atoms with Crippen molar-refractivity contribution in [3.63, 3.8) is 0 Å². The van der Waals surface area contributed by atoms with E-state index >= 15 is 0 Å². The Balaban J connectivity index is 1.74. The van der Waals surface area contributed by atoms with Gasteiger partial charge in [0.15, 0.2) is 0 Å². The maximum absolute atomic E-state index is 13.3. The number of hydrogen-bond donors (Lipinski definition) is 1. The van der Waals surface area contributed by atoms with Crippen LogP contribution >= 0.6 is 0 Å². The zero-order valence-electron chi connectivity index (χ0n) is 15.6. The molecule has 2 aliphatic rings. The number of ether oxygens (including phenoxy) is 3. The molecule has 2 aromatic rings. The average Bonchev–Trinajstić information content (AvgIpc) is 3.22. The fraction of sp³-hybridized carbons (Fsp3) is 0.381. The summed E-state index contributed by atoms with van der Waals surface area (Å²) in [5.41, 5.74) is 2.42. The molecule has 0 bridgehead atoms. The van der Waals surface area contributed by atoms with E-state index in [4.69, 9.17) is 14.2 Å². The number of amides is 1. The molecule has 6 heteroatoms. The Labute approximate surface area is 159 Å². The van der Waals surface area contributed by atoms with E-state index < -0.39 is 0 Å². The van der Waals surface area contributed by atoms with E-state index in [0.717, 1.165) is 30.7 Å². The first kappa shape index (κ1) is 17.7. The number of anilines is 1. The molecule has 1 fully saturated rings. The van der Waals surface area contributed by atoms with Crippen molar-refractivity contribution < 1.29 is 19.0 Å². The van der Waals surface area contributed by atoms with Crippen molar-refractivity contribution in [3.8, 4) is 11.5 Å². The molecule has 6 nitrogen and oxygen atoms in total. The molecule has 1 N–H and O–H groups in total. The highest BCUT2D eigenvalue weighted by molar-refractivity contribution is 6.01. The monoisotopic (exact) mass is 368 g/mol. The molecule has 0 spiro atoms. The molecule has 0 saturated carbocycles. The van der Waals surface area contributed by atoms with Gasteiger partial charge in [-0.2, -0.15) is 0 Å². The van der Waals surface area contributed by atoms with Gasteiger partial charge in [0.2, 0.25) is 0 Å². The number of carbonyl (C=O) groups excluding carboxylic acids is 1. The summed E-state index contributed by atoms with van der Waals surface area (Å²) in [5, 5.41) is 3.51. The van der Waals surface area contributed by atoms with Crippen LogP contribution in [0.25, 0.3) is 0 Å². The van der Waals surface area contributed by atoms with E-state index in [1.165, 1.54) is 0 Å². The van der Waals surface area contributed by atoms with E-state index in [2.05, 4.69) is 5.32 Å². The van der Waals surface area contributed by atoms with Gasteiger partial charge in [0, 0.05) is 30.5 Å². The number of nitrogens with zero attached hydrogens (tertiary/aromatic N) is 1. The highest BCUT2D eigenvalue weighted by Gasteiger charge is 2.35. The maximum atomic E-state index is 13.3. The first-order valence-corrected chi connectivity index (χ1v) is 9.20. The smallest absolute Gasteiger partial charge is 0.257 e. The summed E-state index contributed by atoms with van der Waals surface area (Å²) in [6.07, 6.45) is 1.75. The van der Waals surface area contributed by atoms with Gasteiger partial charge in [-0.25, -0.2) is 0 Å². The molecule has 0 radical (unpaired) electrons. The highest BCUT2D eigenvalue weighted by atomic mass is 16.5. The first-order chi connectivity index (χ1) is 13.2. The third-order valence-electron chi connectivity index (χ3n) is 5.14. The Morgan fingerprint density at radius 3 is 2.56 bits per heavy atom. The summed E-state index contributed by atoms with van der Waals surface area (Å²) in [7, 11) is 3.24. The van der Waals surface area contributed by atoms with Crippen LogP contribution in [-0.4, -0.2) is 44.3 Å². The first-order valence-electron chi connectivity index (χ1n) is 9.20. The number of fused-ring (bicyclic) bond motifs is 1. The topological polar surface area (TPSA) is 60.0 Å². The predicted octanol–water partition coefficient (Wildman–Crippen LogP) is 3.45. The van der Waals surface area contributed by atoms with Gasteiger partial charge in [-0.1, -0.05) is 12.1 Å². The van der Waals surface area contributed by atoms with Crippen LogP contribution in [0.3, 0.4) is 0 Å². The third-order valence-corrected chi connectivity index (χ3v) is 5.14. The Bertz CT molecular complexity index is 810. The molecule has 2 heterocycles. The Morgan fingerprint density at radius 1 is 1.15 bits per heavy atom. The zero-order valence-corrected chi connectivity index (χ0v) is 15.6. The summed E-state index contributed by atoms with van der Waals surface area (Å²) in [4.78, 5) is 15.1. The lowest BCUT2D eigenvalue weighted by atomic mass is 10.0. The lowest BCUT2D eigenvalue weighted by molar-refractivity contribution is 0.0426. The summed E-state index contributed by atoms with van der Waals surface area (Å²) >= 11 is 0. The molecule has 2 aliphatic heterocycles. The van der Waals surface area contributed by atoms with Gasteiger partial charge >= 0.3 is 0 Å². The van der Waals surface area contributed by atoms with Gasteiger partial charge in [-0.05, 0) is 37.1 Å². The number of para-hydroxylation sites is 1. The number of benzene rings is 2. The molecule has 2 aromatic carbocycles. The van der Waals surface area contributed by atoms with Crippen molar-refractivity contribution >= 4 is 11.6 Å². The molecule has 0 aliphatic carbocycles. The maximum Gasteiger partial charge on any atom is 0.257 e. The molecular weight excluding hydrogens is 344 g/mol. The standard InChI is InChI=1S/C21H24N2O4/c1-25-16-10-14(11-17(12-16)26-2)20-22-19-8-4-3-7-18(19)21(24)23(20)13-15-6-5-9-27-15/h3-4,7-8,10-12,15,20,22H,5-6,9,13H2,1-2H3/t15-,20-/m0/s1. The van der Waals surface area contributed by atoms with Crippen molar-refractivity contribution in [3.05, 3.63) is 53.6 Å². The average molecular weight is 368 g/mol. The van der Waals surface area contributed by atoms with E-state index in [0.29, 0.717) is 23.6 Å². The van der Waals surface area contributed by atoms with Crippen molar-refractivity contribution in [2.75, 3.05) is 32.7 Å². The van der Waals surface area contributed by atoms with Crippen molar-refractivity contribution in [2.45, 2.75) is 25.1 Å². The van der Waals surface area contributed by atoms with Gasteiger partial charge in [0.25, 0.3) is 5.91 Å². The lowest BCUT2D eigenvalue weighted by Crippen LogP contribution is -2.46. The van der Waals surface area contributed by atoms with E-state index in [-0.39, 0.29) is 18.2 Å². The summed E-state index contributed by atoms with van der Waals surface area (Å²) < 4.78 is 16.6. The number of hydrogen-bond acceptors (Lipinski definition) is 5. The molecule has 0 unspecified atom stereocenters. The minimum atomic E-state index is -0.319. The number of nitrogens with one attached hydrogen (secondary N) is 1. The number of rotatable bonds is 5. The second kappa shape index (κ2) is 7.48. The normalized spacial score (nSPS) is 21.6. The highest BCUT2D eigenvalue weighted by Crippen LogP contribution is 2.36. The quantitative estimate of drug-likeness (QED) is 0.876.